The number of hydrogen-bond acceptors (Lipinski definition) is 17. The predicted molar refractivity (Wildman–Crippen MR) is 479 cm³/mol. The van der Waals surface area contributed by atoms with Gasteiger partial charge in [0.1, 0.15) is 6.11 Å². The minimum absolute atomic E-state index is 0. The number of terminal acetylenes is 1. The first-order valence-electron chi connectivity index (χ1n) is 45.0. The van der Waals surface area contributed by atoms with Gasteiger partial charge in [0.2, 0.25) is 0 Å². The van der Waals surface area contributed by atoms with Crippen LogP contribution in [0.5, 0.6) is 0 Å². The van der Waals surface area contributed by atoms with E-state index in [1.54, 1.807) is 29.9 Å². The van der Waals surface area contributed by atoms with Gasteiger partial charge in [-0.05, 0) is 343 Å². The first kappa shape index (κ1) is 108. The van der Waals surface area contributed by atoms with Gasteiger partial charge in [-0.1, -0.05) is 144 Å². The average molecular weight is 1540 g/mol. The Labute approximate surface area is 678 Å². The zero-order chi connectivity index (χ0) is 81.3. The van der Waals surface area contributed by atoms with Crippen molar-refractivity contribution in [2.45, 2.75) is 310 Å². The monoisotopic (exact) mass is 1530 g/mol. The molecule has 11 rings (SSSR count). The predicted octanol–water partition coefficient (Wildman–Crippen LogP) is 17.2. The van der Waals surface area contributed by atoms with Crippen LogP contribution in [-0.2, 0) is 9.47 Å². The number of hydrogen-bond donors (Lipinski definition) is 2. The number of allylic oxidation sites excluding steroid dienone is 2. The van der Waals surface area contributed by atoms with E-state index in [4.69, 9.17) is 26.1 Å². The van der Waals surface area contributed by atoms with E-state index in [1.807, 2.05) is 21.0 Å². The fraction of sp³-hybridized carbons (Fsp3) is 0.934. The van der Waals surface area contributed by atoms with E-state index >= 15 is 0 Å². The third-order valence-corrected chi connectivity index (χ3v) is 23.5. The van der Waals surface area contributed by atoms with Crippen LogP contribution in [0.2, 0.25) is 0 Å². The minimum atomic E-state index is -0.421. The molecule has 5 saturated carbocycles. The molecule has 4 bridgehead atoms. The van der Waals surface area contributed by atoms with Crippen LogP contribution in [0.3, 0.4) is 0 Å². The van der Waals surface area contributed by atoms with Crippen LogP contribution in [0.1, 0.15) is 283 Å². The summed E-state index contributed by atoms with van der Waals surface area (Å²) in [6, 6.07) is 1.34. The molecule has 5 saturated heterocycles. The van der Waals surface area contributed by atoms with E-state index in [0.717, 1.165) is 95.9 Å². The van der Waals surface area contributed by atoms with Crippen molar-refractivity contribution in [3.05, 3.63) is 24.9 Å². The Bertz CT molecular complexity index is 1940. The van der Waals surface area contributed by atoms with Gasteiger partial charge >= 0.3 is 0 Å². The molecule has 3 atom stereocenters. The molecular weight excluding hydrogens is 1340 g/mol. The van der Waals surface area contributed by atoms with Crippen molar-refractivity contribution in [3.63, 3.8) is 0 Å². The summed E-state index contributed by atoms with van der Waals surface area (Å²) in [5, 5.41) is 17.7. The fourth-order valence-electron chi connectivity index (χ4n) is 16.9. The molecule has 0 radical (unpaired) electrons. The highest BCUT2D eigenvalue weighted by Gasteiger charge is 2.51. The Morgan fingerprint density at radius 2 is 1.03 bits per heavy atom. The molecule has 0 aromatic heterocycles. The van der Waals surface area contributed by atoms with Gasteiger partial charge in [0, 0.05) is 65.6 Å². The number of likely N-dealkylation sites (N-methyl/N-ethyl adjacent to an activating group) is 2. The summed E-state index contributed by atoms with van der Waals surface area (Å²) in [5.74, 6) is 3.27. The lowest BCUT2D eigenvalue weighted by Gasteiger charge is -2.59. The topological polar surface area (TPSA) is 101 Å². The first-order valence-corrected chi connectivity index (χ1v) is 45.0. The van der Waals surface area contributed by atoms with Gasteiger partial charge in [0.15, 0.2) is 0 Å². The molecule has 2 N–H and O–H groups in total. The number of rotatable bonds is 29. The summed E-state index contributed by atoms with van der Waals surface area (Å²) in [6.07, 6.45) is 58.6. The normalized spacial score (nSPS) is 23.4. The summed E-state index contributed by atoms with van der Waals surface area (Å²) >= 11 is 0. The zero-order valence-corrected chi connectivity index (χ0v) is 76.5. The Hall–Kier alpha value is -1.96. The third-order valence-electron chi connectivity index (χ3n) is 23.5. The third kappa shape index (κ3) is 56.3. The molecule has 17 nitrogen and oxygen atoms in total. The number of unbranched alkanes of at least 4 members (excludes halogenated alkanes) is 9. The highest BCUT2D eigenvalue weighted by Crippen LogP contribution is 2.57. The lowest BCUT2D eigenvalue weighted by atomic mass is 9.52. The second kappa shape index (κ2) is 71.6. The highest BCUT2D eigenvalue weighted by atomic mass is 16.7. The van der Waals surface area contributed by atoms with E-state index in [9.17, 15) is 0 Å². The highest BCUT2D eigenvalue weighted by molar-refractivity contribution is 5.07. The summed E-state index contributed by atoms with van der Waals surface area (Å²) in [4.78, 5) is 30.0. The van der Waals surface area contributed by atoms with E-state index in [2.05, 4.69) is 217 Å². The van der Waals surface area contributed by atoms with Gasteiger partial charge in [-0.15, -0.1) is 13.2 Å². The maximum absolute atomic E-state index is 8.99. The maximum atomic E-state index is 8.99. The lowest BCUT2D eigenvalue weighted by molar-refractivity contribution is -0.171. The molecule has 5 heterocycles. The van der Waals surface area contributed by atoms with Crippen molar-refractivity contribution in [1.29, 1.82) is 0 Å². The largest absolute Gasteiger partial charge is 0.401 e. The van der Waals surface area contributed by atoms with Crippen LogP contribution in [-0.4, -0.2) is 334 Å². The smallest absolute Gasteiger partial charge is 0.272 e. The molecule has 0 aromatic rings. The number of piperidine rings is 1. The van der Waals surface area contributed by atoms with E-state index in [1.165, 1.54) is 251 Å². The van der Waals surface area contributed by atoms with Crippen LogP contribution in [0, 0.1) is 30.3 Å². The van der Waals surface area contributed by atoms with Gasteiger partial charge in [0.05, 0.1) is 19.4 Å². The molecule has 0 aromatic carbocycles. The Kier molecular flexibility index (Phi) is 71.6. The number of aliphatic hydroxyl groups is 2. The van der Waals surface area contributed by atoms with Gasteiger partial charge in [-0.2, -0.15) is 0 Å². The SMILES string of the molecule is C#COC(OCC)N(C)C.C1=C(N2CCCC2)CCCC1.C=C.CCCCCCCCCCCCN(C)C.CCN(CC)CN(CC)CC.CCN1CCC(O)C1.CCN1CCCCC1.CN(C)C12CC3CC(CC(C3)C1)C2.CN(C)C1CCCCC1.CN(C)CN(C)C.CN1CCCC1.CN1CCCC1CO.[HH].[HH]. The second-order valence-electron chi connectivity index (χ2n) is 34.2. The van der Waals surface area contributed by atoms with Crippen molar-refractivity contribution in [2.75, 3.05) is 230 Å². The van der Waals surface area contributed by atoms with Crippen molar-refractivity contribution in [1.82, 2.24) is 63.7 Å². The number of nitrogens with zero attached hydrogens (tertiary/aromatic N) is 13. The standard InChI is InChI=1S/C14H31N.C12H21N.C10H17N.C9H22N2.C8H17N.C7H13NO2.C7H15N.2C6H13NO.C5H14N2.C5H11N.C2H4.2H2/c1-4-5-6-7-8-9-10-11-12-13-14-15(2)3;1-13(2)12-6-9-3-10(7-12)5-11(4-9)8-12;1-2-6-10(7-3-1)11-8-4-5-9-11;1-5-10(6-2)9-11(7-3)8-4;1-9(2)8-6-4-3-5-7-8;1-5-9-7(8(3)4)10-6-2;1-2-8-6-4-3-5-7-8;1-7-4-2-3-6(7)5-8;1-2-7-4-3-6(8)5-7;1-6(2)5-7(3)4;1-6-4-2-3-5-6;1-2;;/h4-14H2,1-3H3;9-11H,3-8H2,1-2H3;6H,1-5,7-9H2;5-9H2,1-4H3;8H,3-7H2,1-2H3;1,7H,6H2,2-4H3;2-7H2,1H3;2*6,8H,2-5H2,1H3;5H2,1-4H3;2-5H2,1H3;1-2H2;2*1H. The maximum Gasteiger partial charge on any atom is 0.272 e. The molecule has 108 heavy (non-hydrogen) atoms. The Balaban J connectivity index is -0.000000564. The molecule has 648 valence electrons. The van der Waals surface area contributed by atoms with Gasteiger partial charge in [-0.3, -0.25) is 24.5 Å². The summed E-state index contributed by atoms with van der Waals surface area (Å²) in [6.45, 7) is 45.8. The van der Waals surface area contributed by atoms with Crippen LogP contribution in [0.25, 0.3) is 0 Å². The Morgan fingerprint density at radius 3 is 1.33 bits per heavy atom. The molecule has 5 aliphatic heterocycles. The molecule has 6 aliphatic carbocycles. The number of likely N-dealkylation sites (tertiary alicyclic amines) is 5. The summed E-state index contributed by atoms with van der Waals surface area (Å²) in [5.41, 5.74) is 2.28. The van der Waals surface area contributed by atoms with Crippen LogP contribution < -0.4 is 0 Å². The number of aliphatic hydroxyl groups excluding tert-OH is 2. The average Bonchev–Trinajstić information content (AvgIpc) is 0.933. The molecule has 0 amide bonds. The van der Waals surface area contributed by atoms with Crippen LogP contribution in [0.4, 0.5) is 0 Å². The van der Waals surface area contributed by atoms with Crippen molar-refractivity contribution in [2.24, 2.45) is 17.8 Å². The second-order valence-corrected chi connectivity index (χ2v) is 34.2. The number of ether oxygens (including phenoxy) is 2. The van der Waals surface area contributed by atoms with E-state index < -0.39 is 6.41 Å². The first-order chi connectivity index (χ1) is 51.8. The van der Waals surface area contributed by atoms with Gasteiger partial charge in [0.25, 0.3) is 6.41 Å². The summed E-state index contributed by atoms with van der Waals surface area (Å²) in [7, 11) is 29.4. The summed E-state index contributed by atoms with van der Waals surface area (Å²) < 4.78 is 9.88. The molecule has 10 fully saturated rings. The fourth-order valence-corrected chi connectivity index (χ4v) is 16.9. The quantitative estimate of drug-likeness (QED) is 0.0321. The molecule has 0 spiro atoms. The lowest BCUT2D eigenvalue weighted by Crippen LogP contribution is -2.57. The molecule has 11 aliphatic rings. The van der Waals surface area contributed by atoms with E-state index in [0.29, 0.717) is 24.8 Å². The molecular formula is C91H195N13O4. The minimum Gasteiger partial charge on any atom is -0.401 e. The number of β-amino-alcohol motifs (C(OH)–C–C–N with tert-alkyl or cyclic N) is 1. The van der Waals surface area contributed by atoms with Crippen LogP contribution >= 0.6 is 0 Å². The van der Waals surface area contributed by atoms with Crippen molar-refractivity contribution >= 4 is 0 Å². The zero-order valence-electron chi connectivity index (χ0n) is 76.5. The molecule has 17 heteroatoms. The molecule has 3 unspecified atom stereocenters. The van der Waals surface area contributed by atoms with Crippen LogP contribution in [0.15, 0.2) is 24.9 Å². The van der Waals surface area contributed by atoms with Crippen molar-refractivity contribution < 1.29 is 22.5 Å². The van der Waals surface area contributed by atoms with Gasteiger partial charge in [-0.25, -0.2) is 0 Å². The van der Waals surface area contributed by atoms with Gasteiger partial charge < -0.3 is 58.9 Å². The van der Waals surface area contributed by atoms with Crippen molar-refractivity contribution in [3.8, 4) is 12.5 Å². The van der Waals surface area contributed by atoms with E-state index in [-0.39, 0.29) is 8.96 Å². The Morgan fingerprint density at radius 1 is 0.546 bits per heavy atom.